The van der Waals surface area contributed by atoms with E-state index in [1.165, 1.54) is 0 Å². The lowest BCUT2D eigenvalue weighted by Gasteiger charge is -2.43. The molecule has 0 spiro atoms. The van der Waals surface area contributed by atoms with Gasteiger partial charge in [-0.15, -0.1) is 0 Å². The predicted molar refractivity (Wildman–Crippen MR) is 127 cm³/mol. The van der Waals surface area contributed by atoms with E-state index < -0.39 is 17.4 Å². The summed E-state index contributed by atoms with van der Waals surface area (Å²) in [5.74, 6) is -1.49. The van der Waals surface area contributed by atoms with Crippen LogP contribution in [0.3, 0.4) is 0 Å². The number of aryl methyl sites for hydroxylation is 2. The van der Waals surface area contributed by atoms with Crippen LogP contribution in [0.4, 0.5) is 0 Å². The molecule has 1 aromatic heterocycles. The molecule has 3 aromatic rings. The Hall–Kier alpha value is -2.79. The summed E-state index contributed by atoms with van der Waals surface area (Å²) in [5.41, 5.74) is 3.85. The first kappa shape index (κ1) is 22.4. The summed E-state index contributed by atoms with van der Waals surface area (Å²) >= 11 is 6.48. The molecule has 1 aliphatic carbocycles. The molecule has 0 aliphatic heterocycles. The van der Waals surface area contributed by atoms with Gasteiger partial charge in [0, 0.05) is 18.0 Å². The highest BCUT2D eigenvalue weighted by molar-refractivity contribution is 6.36. The number of aromatic nitrogens is 1. The zero-order chi connectivity index (χ0) is 23.2. The van der Waals surface area contributed by atoms with Crippen molar-refractivity contribution in [3.63, 3.8) is 0 Å². The van der Waals surface area contributed by atoms with Crippen LogP contribution >= 0.6 is 11.6 Å². The Morgan fingerprint density at radius 2 is 1.78 bits per heavy atom. The van der Waals surface area contributed by atoms with Crippen LogP contribution < -0.4 is 5.32 Å². The monoisotopic (exact) mass is 452 g/mol. The number of halogens is 1. The van der Waals surface area contributed by atoms with Crippen molar-refractivity contribution in [1.29, 1.82) is 0 Å². The average molecular weight is 453 g/mol. The van der Waals surface area contributed by atoms with E-state index >= 15 is 0 Å². The molecule has 1 amide bonds. The summed E-state index contributed by atoms with van der Waals surface area (Å²) in [5, 5.41) is 14.4. The summed E-state index contributed by atoms with van der Waals surface area (Å²) in [6.45, 7) is 5.78. The Kier molecular flexibility index (Phi) is 5.80. The van der Waals surface area contributed by atoms with Crippen molar-refractivity contribution in [2.24, 2.45) is 13.0 Å². The van der Waals surface area contributed by atoms with E-state index in [1.807, 2.05) is 74.9 Å². The van der Waals surface area contributed by atoms with Gasteiger partial charge in [0.2, 0.25) is 0 Å². The number of hydrogen-bond donors (Lipinski definition) is 2. The minimum Gasteiger partial charge on any atom is -0.481 e. The lowest BCUT2D eigenvalue weighted by atomic mass is 9.71. The number of carboxylic acids is 1. The summed E-state index contributed by atoms with van der Waals surface area (Å²) in [7, 11) is 1.88. The molecule has 1 atom stereocenters. The number of carbonyl (C=O) groups is 2. The lowest BCUT2D eigenvalue weighted by Crippen LogP contribution is -2.51. The van der Waals surface area contributed by atoms with Crippen LogP contribution in [0, 0.1) is 12.8 Å². The van der Waals surface area contributed by atoms with Crippen molar-refractivity contribution in [2.45, 2.75) is 51.5 Å². The van der Waals surface area contributed by atoms with Crippen LogP contribution in [-0.4, -0.2) is 21.6 Å². The Labute approximate surface area is 193 Å². The first-order valence-corrected chi connectivity index (χ1v) is 11.4. The number of fused-ring (bicyclic) bond motifs is 1. The van der Waals surface area contributed by atoms with E-state index in [1.54, 1.807) is 0 Å². The molecule has 1 aliphatic rings. The molecule has 6 heteroatoms. The van der Waals surface area contributed by atoms with E-state index in [4.69, 9.17) is 11.6 Å². The van der Waals surface area contributed by atoms with E-state index in [0.29, 0.717) is 10.7 Å². The second-order valence-electron chi connectivity index (χ2n) is 9.29. The molecule has 2 aromatic carbocycles. The first-order valence-electron chi connectivity index (χ1n) is 11.0. The molecule has 0 unspecified atom stereocenters. The minimum absolute atomic E-state index is 0.00218. The fourth-order valence-electron chi connectivity index (χ4n) is 4.82. The highest BCUT2D eigenvalue weighted by Crippen LogP contribution is 2.42. The van der Waals surface area contributed by atoms with Gasteiger partial charge in [-0.05, 0) is 60.9 Å². The summed E-state index contributed by atoms with van der Waals surface area (Å²) < 4.78 is 1.88. The van der Waals surface area contributed by atoms with Crippen molar-refractivity contribution >= 4 is 34.4 Å². The maximum absolute atomic E-state index is 13.3. The number of aliphatic carboxylic acids is 1. The van der Waals surface area contributed by atoms with Gasteiger partial charge in [0.1, 0.15) is 5.69 Å². The normalized spacial score (nSPS) is 16.1. The van der Waals surface area contributed by atoms with Gasteiger partial charge in [0.05, 0.1) is 16.5 Å². The lowest BCUT2D eigenvalue weighted by molar-refractivity contribution is -0.139. The molecular formula is C26H29ClN2O3. The molecule has 1 fully saturated rings. The highest BCUT2D eigenvalue weighted by atomic mass is 35.5. The maximum atomic E-state index is 13.3. The zero-order valence-corrected chi connectivity index (χ0v) is 19.7. The largest absolute Gasteiger partial charge is 0.481 e. The van der Waals surface area contributed by atoms with Gasteiger partial charge < -0.3 is 15.0 Å². The Balaban J connectivity index is 1.63. The van der Waals surface area contributed by atoms with Crippen molar-refractivity contribution in [3.8, 4) is 0 Å². The van der Waals surface area contributed by atoms with Crippen LogP contribution in [-0.2, 0) is 17.4 Å². The molecule has 1 heterocycles. The number of hydrogen-bond acceptors (Lipinski definition) is 2. The van der Waals surface area contributed by atoms with Crippen LogP contribution in [0.5, 0.6) is 0 Å². The molecule has 1 saturated carbocycles. The van der Waals surface area contributed by atoms with Gasteiger partial charge in [-0.25, -0.2) is 0 Å². The molecule has 2 N–H and O–H groups in total. The summed E-state index contributed by atoms with van der Waals surface area (Å²) in [6, 6.07) is 13.5. The number of rotatable bonds is 6. The van der Waals surface area contributed by atoms with Crippen molar-refractivity contribution in [1.82, 2.24) is 9.88 Å². The topological polar surface area (TPSA) is 71.3 Å². The van der Waals surface area contributed by atoms with Crippen LogP contribution in [0.15, 0.2) is 42.5 Å². The molecule has 168 valence electrons. The van der Waals surface area contributed by atoms with Gasteiger partial charge in [-0.2, -0.15) is 0 Å². The second-order valence-corrected chi connectivity index (χ2v) is 9.67. The van der Waals surface area contributed by atoms with Gasteiger partial charge in [-0.1, -0.05) is 55.8 Å². The Bertz CT molecular complexity index is 1190. The van der Waals surface area contributed by atoms with Gasteiger partial charge in [0.25, 0.3) is 5.91 Å². The van der Waals surface area contributed by atoms with Gasteiger partial charge >= 0.3 is 5.97 Å². The number of amides is 1. The molecule has 0 radical (unpaired) electrons. The van der Waals surface area contributed by atoms with Gasteiger partial charge in [0.15, 0.2) is 0 Å². The molecule has 5 nitrogen and oxygen atoms in total. The number of nitrogens with one attached hydrogen (secondary N) is 1. The number of carbonyl (C=O) groups excluding carboxylic acids is 1. The number of carboxylic acid groups (broad SMARTS) is 1. The Morgan fingerprint density at radius 3 is 2.31 bits per heavy atom. The molecule has 4 rings (SSSR count). The SMILES string of the molecule is Cc1ccc2c(cc(C(=O)NC3(c4ccc([C@@H](C(=O)O)C(C)C)cc4)CCC3)n2C)c1Cl. The molecule has 0 saturated heterocycles. The standard InChI is InChI=1S/C26H29ClN2O3/c1-15(2)22(25(31)32)17-7-9-18(10-8-17)26(12-5-13-26)28-24(30)21-14-19-20(29(21)4)11-6-16(3)23(19)27/h6-11,14-15,22H,5,12-13H2,1-4H3,(H,28,30)(H,31,32)/t22-/m0/s1. The number of benzene rings is 2. The quantitative estimate of drug-likeness (QED) is 0.498. The fourth-order valence-corrected chi connectivity index (χ4v) is 5.04. The third-order valence-electron chi connectivity index (χ3n) is 6.90. The van der Waals surface area contributed by atoms with E-state index in [2.05, 4.69) is 5.32 Å². The molecular weight excluding hydrogens is 424 g/mol. The van der Waals surface area contributed by atoms with E-state index in [0.717, 1.165) is 46.9 Å². The van der Waals surface area contributed by atoms with Crippen LogP contribution in [0.2, 0.25) is 5.02 Å². The van der Waals surface area contributed by atoms with E-state index in [-0.39, 0.29) is 11.8 Å². The molecule has 0 bridgehead atoms. The summed E-state index contributed by atoms with van der Waals surface area (Å²) in [4.78, 5) is 25.0. The third-order valence-corrected chi connectivity index (χ3v) is 7.40. The van der Waals surface area contributed by atoms with Crippen molar-refractivity contribution in [2.75, 3.05) is 0 Å². The fraction of sp³-hybridized carbons (Fsp3) is 0.385. The first-order chi connectivity index (χ1) is 15.1. The summed E-state index contributed by atoms with van der Waals surface area (Å²) in [6.07, 6.45) is 2.74. The van der Waals surface area contributed by atoms with Gasteiger partial charge in [-0.3, -0.25) is 9.59 Å². The maximum Gasteiger partial charge on any atom is 0.311 e. The second kappa shape index (κ2) is 8.28. The number of nitrogens with zero attached hydrogens (tertiary/aromatic N) is 1. The minimum atomic E-state index is -0.816. The van der Waals surface area contributed by atoms with E-state index in [9.17, 15) is 14.7 Å². The Morgan fingerprint density at radius 1 is 1.12 bits per heavy atom. The smallest absolute Gasteiger partial charge is 0.311 e. The van der Waals surface area contributed by atoms with Crippen LogP contribution in [0.1, 0.15) is 66.2 Å². The molecule has 32 heavy (non-hydrogen) atoms. The average Bonchev–Trinajstić information content (AvgIpc) is 3.05. The zero-order valence-electron chi connectivity index (χ0n) is 18.9. The van der Waals surface area contributed by atoms with Crippen LogP contribution in [0.25, 0.3) is 10.9 Å². The van der Waals surface area contributed by atoms with Crippen molar-refractivity contribution in [3.05, 3.63) is 69.9 Å². The predicted octanol–water partition coefficient (Wildman–Crippen LogP) is 5.77. The highest BCUT2D eigenvalue weighted by Gasteiger charge is 2.41. The third kappa shape index (κ3) is 3.69. The van der Waals surface area contributed by atoms with Crippen molar-refractivity contribution < 1.29 is 14.7 Å².